The smallest absolute Gasteiger partial charge is 0.332 e. The molecule has 0 unspecified atom stereocenters. The molecule has 0 radical (unpaired) electrons. The average Bonchev–Trinajstić information content (AvgIpc) is 3.22. The number of aromatic nitrogens is 4. The van der Waals surface area contributed by atoms with Crippen molar-refractivity contribution in [3.63, 3.8) is 0 Å². The molecule has 0 saturated carbocycles. The number of aromatic amines is 1. The van der Waals surface area contributed by atoms with E-state index in [-0.39, 0.29) is 29.3 Å². The number of ether oxygens (including phenoxy) is 1. The number of hydrazine groups is 1. The fourth-order valence-electron chi connectivity index (χ4n) is 3.20. The number of carbonyl (C=O) groups is 2. The molecule has 2 aromatic heterocycles. The Bertz CT molecular complexity index is 1240. The first-order valence-electron chi connectivity index (χ1n) is 10.4. The first-order chi connectivity index (χ1) is 15.3. The Morgan fingerprint density at radius 1 is 1.03 bits per heavy atom. The Morgan fingerprint density at radius 3 is 2.31 bits per heavy atom. The predicted octanol–water partition coefficient (Wildman–Crippen LogP) is 0.919. The van der Waals surface area contributed by atoms with Gasteiger partial charge in [-0.1, -0.05) is 13.8 Å². The van der Waals surface area contributed by atoms with Gasteiger partial charge in [0.25, 0.3) is 11.5 Å². The van der Waals surface area contributed by atoms with E-state index >= 15 is 0 Å². The van der Waals surface area contributed by atoms with Gasteiger partial charge in [0, 0.05) is 25.6 Å². The summed E-state index contributed by atoms with van der Waals surface area (Å²) in [5.41, 5.74) is 4.95. The van der Waals surface area contributed by atoms with E-state index in [0.717, 1.165) is 6.42 Å². The second-order valence-electron chi connectivity index (χ2n) is 7.22. The lowest BCUT2D eigenvalue weighted by Gasteiger charge is -2.09. The molecule has 0 aliphatic rings. The highest BCUT2D eigenvalue weighted by atomic mass is 16.5. The molecule has 11 heteroatoms. The number of rotatable bonds is 8. The minimum Gasteiger partial charge on any atom is -0.484 e. The van der Waals surface area contributed by atoms with Gasteiger partial charge in [-0.05, 0) is 37.1 Å². The third-order valence-electron chi connectivity index (χ3n) is 4.63. The molecule has 1 aromatic carbocycles. The summed E-state index contributed by atoms with van der Waals surface area (Å²) in [7, 11) is 0. The Kier molecular flexibility index (Phi) is 7.08. The number of amides is 2. The molecule has 3 N–H and O–H groups in total. The maximum Gasteiger partial charge on any atom is 0.332 e. The van der Waals surface area contributed by atoms with Crippen LogP contribution in [0.15, 0.2) is 33.9 Å². The van der Waals surface area contributed by atoms with Crippen LogP contribution in [0.25, 0.3) is 22.6 Å². The normalized spacial score (nSPS) is 10.8. The van der Waals surface area contributed by atoms with Crippen molar-refractivity contribution >= 4 is 23.0 Å². The van der Waals surface area contributed by atoms with Crippen LogP contribution in [0.3, 0.4) is 0 Å². The SMILES string of the molecule is CCCn1c(=O)c2[nH]c(-c3ccc(OCC(=O)NNC(C)=O)cc3)nc2n(CCC)c1=O. The first kappa shape index (κ1) is 22.8. The molecule has 3 aromatic rings. The molecular weight excluding hydrogens is 416 g/mol. The Balaban J connectivity index is 1.87. The van der Waals surface area contributed by atoms with Gasteiger partial charge in [-0.25, -0.2) is 9.78 Å². The van der Waals surface area contributed by atoms with E-state index in [2.05, 4.69) is 20.8 Å². The number of fused-ring (bicyclic) bond motifs is 1. The third kappa shape index (κ3) is 4.88. The Hall–Kier alpha value is -3.89. The zero-order valence-corrected chi connectivity index (χ0v) is 18.2. The van der Waals surface area contributed by atoms with E-state index < -0.39 is 5.91 Å². The van der Waals surface area contributed by atoms with E-state index in [1.54, 1.807) is 24.3 Å². The highest BCUT2D eigenvalue weighted by molar-refractivity contribution is 5.81. The largest absolute Gasteiger partial charge is 0.484 e. The number of nitrogens with zero attached hydrogens (tertiary/aromatic N) is 3. The van der Waals surface area contributed by atoms with Gasteiger partial charge in [0.05, 0.1) is 0 Å². The molecule has 0 fully saturated rings. The minimum atomic E-state index is -0.501. The molecule has 2 heterocycles. The molecule has 0 aliphatic heterocycles. The molecule has 0 atom stereocenters. The maximum absolute atomic E-state index is 12.8. The number of imidazole rings is 1. The number of hydrogen-bond acceptors (Lipinski definition) is 6. The van der Waals surface area contributed by atoms with Gasteiger partial charge in [-0.15, -0.1) is 0 Å². The van der Waals surface area contributed by atoms with E-state index in [4.69, 9.17) is 4.74 Å². The summed E-state index contributed by atoms with van der Waals surface area (Å²) in [6.45, 7) is 5.66. The number of H-pyrrole nitrogens is 1. The van der Waals surface area contributed by atoms with E-state index in [1.165, 1.54) is 16.1 Å². The zero-order chi connectivity index (χ0) is 23.3. The lowest BCUT2D eigenvalue weighted by atomic mass is 10.2. The summed E-state index contributed by atoms with van der Waals surface area (Å²) in [5.74, 6) is -0.000238. The van der Waals surface area contributed by atoms with Crippen LogP contribution in [-0.2, 0) is 22.7 Å². The number of hydrogen-bond donors (Lipinski definition) is 3. The number of benzene rings is 1. The third-order valence-corrected chi connectivity index (χ3v) is 4.63. The zero-order valence-electron chi connectivity index (χ0n) is 18.2. The second-order valence-corrected chi connectivity index (χ2v) is 7.22. The fourth-order valence-corrected chi connectivity index (χ4v) is 3.20. The molecule has 0 saturated heterocycles. The van der Waals surface area contributed by atoms with Crippen molar-refractivity contribution in [3.05, 3.63) is 45.1 Å². The van der Waals surface area contributed by atoms with Crippen molar-refractivity contribution in [2.75, 3.05) is 6.61 Å². The number of aryl methyl sites for hydroxylation is 1. The Morgan fingerprint density at radius 2 is 1.69 bits per heavy atom. The molecule has 0 spiro atoms. The van der Waals surface area contributed by atoms with Gasteiger partial charge >= 0.3 is 5.69 Å². The van der Waals surface area contributed by atoms with Gasteiger partial charge in [-0.3, -0.25) is 34.4 Å². The van der Waals surface area contributed by atoms with Crippen molar-refractivity contribution in [2.24, 2.45) is 0 Å². The van der Waals surface area contributed by atoms with Crippen LogP contribution in [0.2, 0.25) is 0 Å². The Labute approximate surface area is 183 Å². The van der Waals surface area contributed by atoms with Crippen LogP contribution >= 0.6 is 0 Å². The molecule has 170 valence electrons. The van der Waals surface area contributed by atoms with Crippen LogP contribution in [0.1, 0.15) is 33.6 Å². The standard InChI is InChI=1S/C21H26N6O5/c1-4-10-26-19-17(20(30)27(11-5-2)21(26)31)22-18(23-19)14-6-8-15(9-7-14)32-12-16(29)25-24-13(3)28/h6-9H,4-5,10-12H2,1-3H3,(H,22,23)(H,24,28)(H,25,29). The molecule has 0 bridgehead atoms. The molecule has 3 rings (SSSR count). The topological polar surface area (TPSA) is 140 Å². The summed E-state index contributed by atoms with van der Waals surface area (Å²) in [6.07, 6.45) is 1.39. The van der Waals surface area contributed by atoms with Gasteiger partial charge < -0.3 is 9.72 Å². The molecule has 11 nitrogen and oxygen atoms in total. The van der Waals surface area contributed by atoms with Crippen LogP contribution < -0.4 is 26.8 Å². The van der Waals surface area contributed by atoms with Gasteiger partial charge in [0.2, 0.25) is 5.91 Å². The fraction of sp³-hybridized carbons (Fsp3) is 0.381. The van der Waals surface area contributed by atoms with Crippen LogP contribution in [-0.4, -0.2) is 37.5 Å². The van der Waals surface area contributed by atoms with E-state index in [0.29, 0.717) is 42.3 Å². The second kappa shape index (κ2) is 9.94. The van der Waals surface area contributed by atoms with Gasteiger partial charge in [-0.2, -0.15) is 0 Å². The van der Waals surface area contributed by atoms with Crippen molar-refractivity contribution in [3.8, 4) is 17.1 Å². The summed E-state index contributed by atoms with van der Waals surface area (Å²) in [5, 5.41) is 0. The first-order valence-corrected chi connectivity index (χ1v) is 10.4. The molecule has 32 heavy (non-hydrogen) atoms. The summed E-state index contributed by atoms with van der Waals surface area (Å²) in [4.78, 5) is 55.6. The van der Waals surface area contributed by atoms with Crippen molar-refractivity contribution in [1.29, 1.82) is 0 Å². The maximum atomic E-state index is 12.8. The summed E-state index contributed by atoms with van der Waals surface area (Å²) >= 11 is 0. The minimum absolute atomic E-state index is 0.273. The number of nitrogens with one attached hydrogen (secondary N) is 3. The van der Waals surface area contributed by atoms with Crippen molar-refractivity contribution in [2.45, 2.75) is 46.7 Å². The average molecular weight is 442 g/mol. The predicted molar refractivity (Wildman–Crippen MR) is 118 cm³/mol. The van der Waals surface area contributed by atoms with E-state index in [9.17, 15) is 19.2 Å². The molecular formula is C21H26N6O5. The van der Waals surface area contributed by atoms with E-state index in [1.807, 2.05) is 13.8 Å². The molecule has 0 aliphatic carbocycles. The van der Waals surface area contributed by atoms with Gasteiger partial charge in [0.15, 0.2) is 12.3 Å². The summed E-state index contributed by atoms with van der Waals surface area (Å²) < 4.78 is 8.15. The summed E-state index contributed by atoms with van der Waals surface area (Å²) in [6, 6.07) is 6.77. The lowest BCUT2D eigenvalue weighted by molar-refractivity contribution is -0.129. The van der Waals surface area contributed by atoms with Crippen molar-refractivity contribution < 1.29 is 14.3 Å². The molecule has 2 amide bonds. The van der Waals surface area contributed by atoms with Crippen LogP contribution in [0, 0.1) is 0 Å². The quantitative estimate of drug-likeness (QED) is 0.443. The number of carbonyl (C=O) groups excluding carboxylic acids is 2. The highest BCUT2D eigenvalue weighted by Crippen LogP contribution is 2.21. The van der Waals surface area contributed by atoms with Crippen LogP contribution in [0.4, 0.5) is 0 Å². The van der Waals surface area contributed by atoms with Crippen LogP contribution in [0.5, 0.6) is 5.75 Å². The van der Waals surface area contributed by atoms with Gasteiger partial charge in [0.1, 0.15) is 17.1 Å². The lowest BCUT2D eigenvalue weighted by Crippen LogP contribution is -2.42. The highest BCUT2D eigenvalue weighted by Gasteiger charge is 2.17. The monoisotopic (exact) mass is 442 g/mol. The van der Waals surface area contributed by atoms with Crippen molar-refractivity contribution in [1.82, 2.24) is 30.0 Å².